The molecule has 0 saturated carbocycles. The predicted molar refractivity (Wildman–Crippen MR) is 63.7 cm³/mol. The summed E-state index contributed by atoms with van der Waals surface area (Å²) >= 11 is 2.22. The third kappa shape index (κ3) is 3.33. The second kappa shape index (κ2) is 4.94. The zero-order valence-electron chi connectivity index (χ0n) is 7.53. The van der Waals surface area contributed by atoms with E-state index in [0.29, 0.717) is 0 Å². The summed E-state index contributed by atoms with van der Waals surface area (Å²) in [7, 11) is 0. The molecule has 0 spiro atoms. The number of halogens is 1. The van der Waals surface area contributed by atoms with Crippen molar-refractivity contribution in [2.24, 2.45) is 0 Å². The molecule has 0 aliphatic heterocycles. The van der Waals surface area contributed by atoms with E-state index in [4.69, 9.17) is 0 Å². The van der Waals surface area contributed by atoms with E-state index in [1.54, 1.807) is 0 Å². The Labute approximate surface area is 95.3 Å². The Morgan fingerprint density at radius 1 is 1.57 bits per heavy atom. The van der Waals surface area contributed by atoms with Gasteiger partial charge in [0.15, 0.2) is 0 Å². The van der Waals surface area contributed by atoms with Gasteiger partial charge < -0.3 is 5.32 Å². The van der Waals surface area contributed by atoms with Crippen molar-refractivity contribution in [3.63, 3.8) is 0 Å². The van der Waals surface area contributed by atoms with Crippen LogP contribution in [-0.4, -0.2) is 4.92 Å². The highest BCUT2D eigenvalue weighted by atomic mass is 127. The molecule has 0 aromatic heterocycles. The summed E-state index contributed by atoms with van der Waals surface area (Å²) in [6.07, 6.45) is 2.19. The Morgan fingerprint density at radius 2 is 2.29 bits per heavy atom. The van der Waals surface area contributed by atoms with E-state index in [0.717, 1.165) is 21.0 Å². The molecule has 74 valence electrons. The quantitative estimate of drug-likeness (QED) is 0.531. The summed E-state index contributed by atoms with van der Waals surface area (Å²) in [6, 6.07) is 5.83. The Balaban J connectivity index is 2.73. The maximum atomic E-state index is 10.0. The lowest BCUT2D eigenvalue weighted by Gasteiger charge is -2.04. The smallest absolute Gasteiger partial charge is 0.250 e. The van der Waals surface area contributed by atoms with Crippen LogP contribution in [-0.2, 0) is 0 Å². The normalized spacial score (nSPS) is 10.4. The lowest BCUT2D eigenvalue weighted by atomic mass is 10.2. The number of hydrogen-bond acceptors (Lipinski definition) is 3. The van der Waals surface area contributed by atoms with E-state index >= 15 is 0 Å². The van der Waals surface area contributed by atoms with Crippen LogP contribution < -0.4 is 5.32 Å². The van der Waals surface area contributed by atoms with E-state index in [-0.39, 0.29) is 0 Å². The lowest BCUT2D eigenvalue weighted by molar-refractivity contribution is -0.402. The second-order valence-corrected chi connectivity index (χ2v) is 3.95. The number of hydrogen-bond donors (Lipinski definition) is 1. The molecule has 0 bridgehead atoms. The monoisotopic (exact) mass is 304 g/mol. The van der Waals surface area contributed by atoms with Gasteiger partial charge in [-0.2, -0.15) is 0 Å². The molecule has 0 aliphatic carbocycles. The summed E-state index contributed by atoms with van der Waals surface area (Å²) in [6.45, 7) is 1.95. The molecule has 1 aromatic rings. The number of nitrogens with zero attached hydrogens (tertiary/aromatic N) is 1. The van der Waals surface area contributed by atoms with Crippen molar-refractivity contribution in [1.82, 2.24) is 0 Å². The van der Waals surface area contributed by atoms with Gasteiger partial charge in [0, 0.05) is 9.26 Å². The molecule has 14 heavy (non-hydrogen) atoms. The van der Waals surface area contributed by atoms with Crippen molar-refractivity contribution < 1.29 is 4.92 Å². The Bertz CT molecular complexity index is 377. The molecule has 0 saturated heterocycles. The fraction of sp³-hybridized carbons (Fsp3) is 0.111. The van der Waals surface area contributed by atoms with Gasteiger partial charge in [0.2, 0.25) is 6.20 Å². The Kier molecular flexibility index (Phi) is 3.87. The largest absolute Gasteiger partial charge is 0.356 e. The minimum atomic E-state index is -0.505. The highest BCUT2D eigenvalue weighted by Gasteiger charge is 1.96. The van der Waals surface area contributed by atoms with E-state index in [1.807, 2.05) is 25.1 Å². The van der Waals surface area contributed by atoms with E-state index in [9.17, 15) is 10.1 Å². The predicted octanol–water partition coefficient (Wildman–Crippen LogP) is 2.76. The van der Waals surface area contributed by atoms with Gasteiger partial charge in [-0.3, -0.25) is 10.1 Å². The fourth-order valence-corrected chi connectivity index (χ4v) is 1.62. The molecule has 0 heterocycles. The van der Waals surface area contributed by atoms with Crippen LogP contribution in [0.2, 0.25) is 0 Å². The second-order valence-electron chi connectivity index (χ2n) is 2.70. The van der Waals surface area contributed by atoms with Crippen molar-refractivity contribution in [3.05, 3.63) is 49.8 Å². The van der Waals surface area contributed by atoms with Gasteiger partial charge in [0.25, 0.3) is 0 Å². The van der Waals surface area contributed by atoms with Crippen LogP contribution in [0.4, 0.5) is 5.69 Å². The molecule has 1 rings (SSSR count). The van der Waals surface area contributed by atoms with Gasteiger partial charge in [-0.25, -0.2) is 0 Å². The summed E-state index contributed by atoms with van der Waals surface area (Å²) in [5.74, 6) is 0. The molecule has 0 atom stereocenters. The van der Waals surface area contributed by atoms with Crippen LogP contribution in [0, 0.1) is 20.6 Å². The number of aryl methyl sites for hydroxylation is 1. The molecule has 0 unspecified atom stereocenters. The van der Waals surface area contributed by atoms with Gasteiger partial charge in [0.05, 0.1) is 11.1 Å². The van der Waals surface area contributed by atoms with Crippen LogP contribution in [0.25, 0.3) is 0 Å². The van der Waals surface area contributed by atoms with Crippen LogP contribution in [0.5, 0.6) is 0 Å². The highest BCUT2D eigenvalue weighted by Crippen LogP contribution is 2.17. The zero-order chi connectivity index (χ0) is 10.6. The topological polar surface area (TPSA) is 55.2 Å². The first-order chi connectivity index (χ1) is 6.59. The van der Waals surface area contributed by atoms with Crippen molar-refractivity contribution in [2.45, 2.75) is 6.92 Å². The summed E-state index contributed by atoms with van der Waals surface area (Å²) < 4.78 is 1.14. The molecule has 0 radical (unpaired) electrons. The molecule has 0 aliphatic rings. The minimum absolute atomic E-state index is 0.505. The average Bonchev–Trinajstić information content (AvgIpc) is 2.08. The highest BCUT2D eigenvalue weighted by molar-refractivity contribution is 14.1. The Hall–Kier alpha value is -1.11. The number of anilines is 1. The number of nitrogens with one attached hydrogen (secondary N) is 1. The third-order valence-corrected chi connectivity index (χ3v) is 2.29. The number of benzene rings is 1. The minimum Gasteiger partial charge on any atom is -0.356 e. The average molecular weight is 304 g/mol. The maximum Gasteiger partial charge on any atom is 0.250 e. The molecular weight excluding hydrogens is 295 g/mol. The first kappa shape index (κ1) is 11.0. The van der Waals surface area contributed by atoms with E-state index in [1.165, 1.54) is 6.20 Å². The van der Waals surface area contributed by atoms with E-state index in [2.05, 4.69) is 27.9 Å². The van der Waals surface area contributed by atoms with Crippen molar-refractivity contribution >= 4 is 28.3 Å². The van der Waals surface area contributed by atoms with Crippen LogP contribution in [0.1, 0.15) is 5.56 Å². The third-order valence-electron chi connectivity index (χ3n) is 1.62. The Morgan fingerprint density at radius 3 is 2.86 bits per heavy atom. The zero-order valence-corrected chi connectivity index (χ0v) is 9.69. The molecule has 1 aromatic carbocycles. The van der Waals surface area contributed by atoms with Gasteiger partial charge in [-0.05, 0) is 53.3 Å². The first-order valence-corrected chi connectivity index (χ1v) is 5.00. The molecular formula is C9H9IN2O2. The molecule has 0 fully saturated rings. The van der Waals surface area contributed by atoms with Crippen molar-refractivity contribution in [3.8, 4) is 0 Å². The standard InChI is InChI=1S/C9H9IN2O2/c1-7-6-8(10)2-3-9(7)11-4-5-12(13)14/h2-6,11H,1H3. The van der Waals surface area contributed by atoms with Crippen molar-refractivity contribution in [1.29, 1.82) is 0 Å². The van der Waals surface area contributed by atoms with Gasteiger partial charge in [-0.15, -0.1) is 0 Å². The van der Waals surface area contributed by atoms with Gasteiger partial charge in [-0.1, -0.05) is 0 Å². The van der Waals surface area contributed by atoms with Crippen LogP contribution in [0.3, 0.4) is 0 Å². The molecule has 1 N–H and O–H groups in total. The van der Waals surface area contributed by atoms with E-state index < -0.39 is 4.92 Å². The number of rotatable bonds is 3. The van der Waals surface area contributed by atoms with Crippen LogP contribution >= 0.6 is 22.6 Å². The SMILES string of the molecule is Cc1cc(I)ccc1NC=C[N+](=O)[O-]. The van der Waals surface area contributed by atoms with Gasteiger partial charge in [0.1, 0.15) is 0 Å². The summed E-state index contributed by atoms with van der Waals surface area (Å²) in [5, 5.41) is 12.9. The maximum absolute atomic E-state index is 10.0. The number of nitro groups is 1. The summed E-state index contributed by atoms with van der Waals surface area (Å²) in [4.78, 5) is 9.50. The lowest BCUT2D eigenvalue weighted by Crippen LogP contribution is -1.93. The molecule has 0 amide bonds. The van der Waals surface area contributed by atoms with Crippen molar-refractivity contribution in [2.75, 3.05) is 5.32 Å². The summed E-state index contributed by atoms with van der Waals surface area (Å²) in [5.41, 5.74) is 1.94. The fourth-order valence-electron chi connectivity index (χ4n) is 0.977. The molecule has 5 heteroatoms. The van der Waals surface area contributed by atoms with Crippen LogP contribution in [0.15, 0.2) is 30.6 Å². The first-order valence-electron chi connectivity index (χ1n) is 3.92. The molecule has 4 nitrogen and oxygen atoms in total. The van der Waals surface area contributed by atoms with Gasteiger partial charge >= 0.3 is 0 Å².